The number of aryl methyl sites for hydroxylation is 1. The molecule has 0 aliphatic carbocycles. The van der Waals surface area contributed by atoms with Gasteiger partial charge in [0.2, 0.25) is 0 Å². The molecule has 0 saturated carbocycles. The van der Waals surface area contributed by atoms with Crippen LogP contribution in [0.4, 0.5) is 4.39 Å². The van der Waals surface area contributed by atoms with E-state index in [4.69, 9.17) is 6.85 Å². The minimum absolute atomic E-state index is 0.296. The zero-order valence-electron chi connectivity index (χ0n) is 9.20. The molecule has 1 rings (SSSR count). The van der Waals surface area contributed by atoms with Gasteiger partial charge < -0.3 is 0 Å². The predicted molar refractivity (Wildman–Crippen MR) is 36.6 cm³/mol. The van der Waals surface area contributed by atoms with Gasteiger partial charge in [-0.3, -0.25) is 4.98 Å². The molecule has 3 heteroatoms. The summed E-state index contributed by atoms with van der Waals surface area (Å²) in [6, 6.07) is -0.798. The van der Waals surface area contributed by atoms with Crippen LogP contribution < -0.4 is 0 Å². The average Bonchev–Trinajstić information content (AvgIpc) is 2.06. The zero-order valence-corrected chi connectivity index (χ0v) is 5.79. The molecule has 0 bridgehead atoms. The van der Waals surface area contributed by atoms with E-state index in [1.807, 2.05) is 0 Å². The second-order valence-corrected chi connectivity index (χ2v) is 2.12. The van der Waals surface area contributed by atoms with Gasteiger partial charge in [-0.25, -0.2) is 4.39 Å². The lowest BCUT2D eigenvalue weighted by molar-refractivity contribution is 0.616. The molecule has 0 spiro atoms. The van der Waals surface area contributed by atoms with Gasteiger partial charge in [0.15, 0.2) is 0 Å². The van der Waals surface area contributed by atoms with E-state index in [1.54, 1.807) is 0 Å². The number of rotatable bonds is 0. The van der Waals surface area contributed by atoms with E-state index in [0.717, 1.165) is 0 Å². The Labute approximate surface area is 68.1 Å². The minimum atomic E-state index is -2.67. The lowest BCUT2D eigenvalue weighted by Crippen LogP contribution is -1.83. The van der Waals surface area contributed by atoms with Crippen molar-refractivity contribution in [2.75, 3.05) is 0 Å². The third-order valence-corrected chi connectivity index (χ3v) is 1.21. The molecular formula is C6H5BrFN. The van der Waals surface area contributed by atoms with Crippen LogP contribution in [0.5, 0.6) is 0 Å². The smallest absolute Gasteiger partial charge is 0.140 e. The molecule has 0 aliphatic rings. The van der Waals surface area contributed by atoms with Crippen molar-refractivity contribution < 1.29 is 11.2 Å². The number of pyridine rings is 1. The highest BCUT2D eigenvalue weighted by atomic mass is 79.9. The van der Waals surface area contributed by atoms with Gasteiger partial charge in [-0.2, -0.15) is 0 Å². The van der Waals surface area contributed by atoms with Crippen LogP contribution in [0.15, 0.2) is 16.7 Å². The summed E-state index contributed by atoms with van der Waals surface area (Å²) in [6.45, 7) is -2.67. The van der Waals surface area contributed by atoms with E-state index in [1.165, 1.54) is 0 Å². The fraction of sp³-hybridized carbons (Fsp3) is 0.167. The Kier molecular flexibility index (Phi) is 0.720. The summed E-state index contributed by atoms with van der Waals surface area (Å²) >= 11 is 2.70. The van der Waals surface area contributed by atoms with E-state index in [-0.39, 0.29) is 4.47 Å². The highest BCUT2D eigenvalue weighted by Crippen LogP contribution is 2.12. The van der Waals surface area contributed by atoms with Crippen molar-refractivity contribution in [3.63, 3.8) is 0 Å². The van der Waals surface area contributed by atoms with Gasteiger partial charge in [-0.15, -0.1) is 0 Å². The first kappa shape index (κ1) is 2.66. The van der Waals surface area contributed by atoms with Crippen molar-refractivity contribution in [1.29, 1.82) is 0 Å². The van der Waals surface area contributed by atoms with Crippen LogP contribution in [0, 0.1) is 12.7 Å². The van der Waals surface area contributed by atoms with Crippen molar-refractivity contribution >= 4 is 15.9 Å². The topological polar surface area (TPSA) is 12.9 Å². The third-order valence-electron chi connectivity index (χ3n) is 0.687. The second-order valence-electron chi connectivity index (χ2n) is 1.33. The number of aromatic nitrogens is 1. The lowest BCUT2D eigenvalue weighted by Gasteiger charge is -1.92. The lowest BCUT2D eigenvalue weighted by atomic mass is 10.4. The molecule has 0 aliphatic heterocycles. The molecule has 1 aromatic heterocycles. The van der Waals surface area contributed by atoms with Crippen LogP contribution in [0.25, 0.3) is 0 Å². The monoisotopic (exact) mass is 194 g/mol. The van der Waals surface area contributed by atoms with Gasteiger partial charge in [-0.05, 0) is 28.8 Å². The molecule has 0 aromatic carbocycles. The predicted octanol–water partition coefficient (Wildman–Crippen LogP) is 2.29. The summed E-state index contributed by atoms with van der Waals surface area (Å²) in [6.07, 6.45) is -0.523. The number of hydrogen-bond donors (Lipinski definition) is 0. The van der Waals surface area contributed by atoms with Crippen LogP contribution in [-0.4, -0.2) is 4.98 Å². The quantitative estimate of drug-likeness (QED) is 0.618. The molecule has 1 nitrogen and oxygen atoms in total. The Morgan fingerprint density at radius 3 is 3.44 bits per heavy atom. The largest absolute Gasteiger partial charge is 0.260 e. The molecule has 1 aromatic rings. The van der Waals surface area contributed by atoms with Crippen LogP contribution in [0.3, 0.4) is 0 Å². The zero-order chi connectivity index (χ0) is 11.1. The summed E-state index contributed by atoms with van der Waals surface area (Å²) in [5.74, 6) is -1.07. The van der Waals surface area contributed by atoms with Gasteiger partial charge in [0.25, 0.3) is 0 Å². The summed E-state index contributed by atoms with van der Waals surface area (Å²) in [4.78, 5) is 3.33. The molecule has 0 unspecified atom stereocenters. The minimum Gasteiger partial charge on any atom is -0.260 e. The number of nitrogens with zero attached hydrogens (tertiary/aromatic N) is 1. The Morgan fingerprint density at radius 2 is 2.78 bits per heavy atom. The molecule has 0 fully saturated rings. The summed E-state index contributed by atoms with van der Waals surface area (Å²) < 4.78 is 48.1. The van der Waals surface area contributed by atoms with Crippen molar-refractivity contribution in [3.8, 4) is 0 Å². The first-order valence-electron chi connectivity index (χ1n) is 4.58. The van der Waals surface area contributed by atoms with Crippen LogP contribution in [0.1, 0.15) is 12.5 Å². The van der Waals surface area contributed by atoms with Gasteiger partial charge in [-0.1, -0.05) is 0 Å². The highest BCUT2D eigenvalue weighted by Gasteiger charge is 1.96. The average molecular weight is 195 g/mol. The molecular weight excluding hydrogens is 185 g/mol. The fourth-order valence-corrected chi connectivity index (χ4v) is 0.529. The number of halogens is 2. The molecule has 1 heterocycles. The first-order chi connectivity index (χ1) is 6.25. The highest BCUT2D eigenvalue weighted by molar-refractivity contribution is 9.10. The maximum Gasteiger partial charge on any atom is 0.140 e. The van der Waals surface area contributed by atoms with E-state index >= 15 is 0 Å². The maximum absolute atomic E-state index is 13.1. The molecule has 0 saturated heterocycles. The van der Waals surface area contributed by atoms with Crippen LogP contribution >= 0.6 is 15.9 Å². The van der Waals surface area contributed by atoms with Gasteiger partial charge in [0, 0.05) is 16.0 Å². The maximum atomic E-state index is 13.1. The Bertz CT molecular complexity index is 377. The van der Waals surface area contributed by atoms with Crippen molar-refractivity contribution in [1.82, 2.24) is 4.98 Å². The molecule has 0 atom stereocenters. The summed E-state index contributed by atoms with van der Waals surface area (Å²) in [5.41, 5.74) is -0.691. The first-order valence-corrected chi connectivity index (χ1v) is 2.87. The Balaban J connectivity index is 3.49. The molecule has 0 N–H and O–H groups in total. The Hall–Kier alpha value is -0.440. The van der Waals surface area contributed by atoms with E-state index in [2.05, 4.69) is 20.9 Å². The van der Waals surface area contributed by atoms with E-state index in [0.29, 0.717) is 0 Å². The SMILES string of the molecule is [2H]c1nc(C([2H])([2H])[2H])c([2H])c(F)c1Br. The van der Waals surface area contributed by atoms with E-state index < -0.39 is 30.6 Å². The van der Waals surface area contributed by atoms with Gasteiger partial charge in [0.1, 0.15) is 5.82 Å². The van der Waals surface area contributed by atoms with E-state index in [9.17, 15) is 4.39 Å². The third kappa shape index (κ3) is 1.48. The normalized spacial score (nSPS) is 19.1. The molecule has 0 radical (unpaired) electrons. The molecule has 9 heavy (non-hydrogen) atoms. The van der Waals surface area contributed by atoms with Crippen LogP contribution in [-0.2, 0) is 0 Å². The molecule has 0 amide bonds. The molecule has 48 valence electrons. The second kappa shape index (κ2) is 2.43. The van der Waals surface area contributed by atoms with Crippen LogP contribution in [0.2, 0.25) is 0 Å². The van der Waals surface area contributed by atoms with Crippen molar-refractivity contribution in [2.45, 2.75) is 6.85 Å². The van der Waals surface area contributed by atoms with Gasteiger partial charge in [0.05, 0.1) is 7.21 Å². The van der Waals surface area contributed by atoms with Crippen molar-refractivity contribution in [3.05, 3.63) is 28.2 Å². The Morgan fingerprint density at radius 1 is 2.00 bits per heavy atom. The summed E-state index contributed by atoms with van der Waals surface area (Å²) in [7, 11) is 0. The van der Waals surface area contributed by atoms with Crippen molar-refractivity contribution in [2.24, 2.45) is 0 Å². The van der Waals surface area contributed by atoms with Gasteiger partial charge >= 0.3 is 0 Å². The fourth-order valence-electron chi connectivity index (χ4n) is 0.341. The number of hydrogen-bond acceptors (Lipinski definition) is 1. The standard InChI is InChI=1S/C6H5BrFN/c1-4-2-6(8)5(7)3-9-4/h2-3H,1H3/i1D3,2D,3D. The summed E-state index contributed by atoms with van der Waals surface area (Å²) in [5, 5.41) is 0.